The number of aromatic amines is 1. The van der Waals surface area contributed by atoms with Crippen LogP contribution < -0.4 is 0 Å². The molecule has 5 nitrogen and oxygen atoms in total. The van der Waals surface area contributed by atoms with Gasteiger partial charge in [0.25, 0.3) is 0 Å². The molecule has 1 saturated carbocycles. The number of benzene rings is 1. The molecule has 4 rings (SSSR count). The fourth-order valence-electron chi connectivity index (χ4n) is 4.61. The van der Waals surface area contributed by atoms with Gasteiger partial charge in [0.1, 0.15) is 0 Å². The topological polar surface area (TPSA) is 73.4 Å². The van der Waals surface area contributed by atoms with E-state index in [1.165, 1.54) is 0 Å². The van der Waals surface area contributed by atoms with E-state index < -0.39 is 11.4 Å². The van der Waals surface area contributed by atoms with Gasteiger partial charge in [0.05, 0.1) is 11.8 Å². The standard InChI is InChI=1S/C19H22N2O3/c1-12-4-2-6-15-13(9-20-17(12)15)8-16(22)21-10-14-5-3-7-19(14,11-21)18(23)24/h2,4,6,9,14,20H,3,5,7-8,10-11H2,1H3,(H,23,24)/t14-,19+/m0/s1. The highest BCUT2D eigenvalue weighted by Gasteiger charge is 2.55. The molecule has 1 aromatic carbocycles. The Morgan fingerprint density at radius 1 is 1.42 bits per heavy atom. The summed E-state index contributed by atoms with van der Waals surface area (Å²) in [6.45, 7) is 3.00. The van der Waals surface area contributed by atoms with Crippen molar-refractivity contribution < 1.29 is 14.7 Å². The summed E-state index contributed by atoms with van der Waals surface area (Å²) in [4.78, 5) is 29.5. The minimum Gasteiger partial charge on any atom is -0.481 e. The normalized spacial score (nSPS) is 26.0. The average molecular weight is 326 g/mol. The number of nitrogens with zero attached hydrogens (tertiary/aromatic N) is 1. The van der Waals surface area contributed by atoms with Crippen LogP contribution in [0.4, 0.5) is 0 Å². The summed E-state index contributed by atoms with van der Waals surface area (Å²) in [5, 5.41) is 10.7. The van der Waals surface area contributed by atoms with Crippen molar-refractivity contribution in [1.29, 1.82) is 0 Å². The van der Waals surface area contributed by atoms with Crippen LogP contribution in [-0.2, 0) is 16.0 Å². The van der Waals surface area contributed by atoms with Crippen LogP contribution in [0, 0.1) is 18.3 Å². The fraction of sp³-hybridized carbons (Fsp3) is 0.474. The van der Waals surface area contributed by atoms with Crippen LogP contribution in [0.2, 0.25) is 0 Å². The number of hydrogen-bond donors (Lipinski definition) is 2. The van der Waals surface area contributed by atoms with Crippen molar-refractivity contribution >= 4 is 22.8 Å². The van der Waals surface area contributed by atoms with Gasteiger partial charge in [-0.15, -0.1) is 0 Å². The lowest BCUT2D eigenvalue weighted by atomic mass is 9.81. The molecule has 2 heterocycles. The lowest BCUT2D eigenvalue weighted by Crippen LogP contribution is -2.37. The third kappa shape index (κ3) is 2.14. The Hall–Kier alpha value is -2.30. The van der Waals surface area contributed by atoms with Crippen LogP contribution in [0.1, 0.15) is 30.4 Å². The maximum atomic E-state index is 12.8. The SMILES string of the molecule is Cc1cccc2c(CC(=O)N3C[C@@H]4CCC[C@@]4(C(=O)O)C3)c[nH]c12. The van der Waals surface area contributed by atoms with Gasteiger partial charge in [-0.25, -0.2) is 0 Å². The highest BCUT2D eigenvalue weighted by atomic mass is 16.4. The van der Waals surface area contributed by atoms with Crippen LogP contribution in [0.15, 0.2) is 24.4 Å². The molecule has 0 unspecified atom stereocenters. The van der Waals surface area contributed by atoms with Crippen LogP contribution >= 0.6 is 0 Å². The first-order valence-corrected chi connectivity index (χ1v) is 8.58. The quantitative estimate of drug-likeness (QED) is 0.911. The predicted molar refractivity (Wildman–Crippen MR) is 90.7 cm³/mol. The molecule has 0 bridgehead atoms. The molecule has 2 atom stereocenters. The first kappa shape index (κ1) is 15.2. The average Bonchev–Trinajstić information content (AvgIpc) is 3.20. The molecule has 126 valence electrons. The smallest absolute Gasteiger partial charge is 0.311 e. The highest BCUT2D eigenvalue weighted by Crippen LogP contribution is 2.49. The van der Waals surface area contributed by atoms with Gasteiger partial charge in [-0.2, -0.15) is 0 Å². The summed E-state index contributed by atoms with van der Waals surface area (Å²) in [6.07, 6.45) is 4.80. The summed E-state index contributed by atoms with van der Waals surface area (Å²) >= 11 is 0. The zero-order valence-corrected chi connectivity index (χ0v) is 13.8. The van der Waals surface area contributed by atoms with E-state index in [4.69, 9.17) is 0 Å². The number of aromatic nitrogens is 1. The zero-order valence-electron chi connectivity index (χ0n) is 13.8. The Kier molecular flexibility index (Phi) is 3.41. The van der Waals surface area contributed by atoms with E-state index >= 15 is 0 Å². The number of carboxylic acids is 1. The molecular formula is C19H22N2O3. The minimum absolute atomic E-state index is 0.0347. The van der Waals surface area contributed by atoms with E-state index in [9.17, 15) is 14.7 Å². The van der Waals surface area contributed by atoms with Gasteiger partial charge >= 0.3 is 5.97 Å². The lowest BCUT2D eigenvalue weighted by molar-refractivity contribution is -0.149. The van der Waals surface area contributed by atoms with E-state index in [1.54, 1.807) is 4.90 Å². The number of nitrogens with one attached hydrogen (secondary N) is 1. The van der Waals surface area contributed by atoms with E-state index in [0.29, 0.717) is 25.9 Å². The van der Waals surface area contributed by atoms with Crippen molar-refractivity contribution in [2.45, 2.75) is 32.6 Å². The van der Waals surface area contributed by atoms with Gasteiger partial charge in [-0.3, -0.25) is 9.59 Å². The lowest BCUT2D eigenvalue weighted by Gasteiger charge is -2.23. The molecular weight excluding hydrogens is 304 g/mol. The number of rotatable bonds is 3. The number of carbonyl (C=O) groups is 2. The molecule has 5 heteroatoms. The van der Waals surface area contributed by atoms with Crippen molar-refractivity contribution in [3.05, 3.63) is 35.5 Å². The number of H-pyrrole nitrogens is 1. The minimum atomic E-state index is -0.733. The number of para-hydroxylation sites is 1. The number of carbonyl (C=O) groups excluding carboxylic acids is 1. The molecule has 0 radical (unpaired) electrons. The Balaban J connectivity index is 1.55. The second-order valence-corrected chi connectivity index (χ2v) is 7.31. The van der Waals surface area contributed by atoms with Crippen LogP contribution in [0.3, 0.4) is 0 Å². The Morgan fingerprint density at radius 3 is 3.00 bits per heavy atom. The summed E-state index contributed by atoms with van der Waals surface area (Å²) in [5.41, 5.74) is 2.51. The first-order valence-electron chi connectivity index (χ1n) is 8.58. The monoisotopic (exact) mass is 326 g/mol. The molecule has 0 spiro atoms. The van der Waals surface area contributed by atoms with E-state index in [0.717, 1.165) is 34.9 Å². The number of likely N-dealkylation sites (tertiary alicyclic amines) is 1. The van der Waals surface area contributed by atoms with Crippen LogP contribution in [-0.4, -0.2) is 40.0 Å². The molecule has 1 aromatic heterocycles. The molecule has 1 aliphatic carbocycles. The summed E-state index contributed by atoms with van der Waals surface area (Å²) < 4.78 is 0. The molecule has 2 N–H and O–H groups in total. The van der Waals surface area contributed by atoms with Crippen molar-refractivity contribution in [3.63, 3.8) is 0 Å². The number of aryl methyl sites for hydroxylation is 1. The third-order valence-electron chi connectivity index (χ3n) is 6.00. The second kappa shape index (κ2) is 5.36. The first-order chi connectivity index (χ1) is 11.5. The molecule has 2 aliphatic rings. The van der Waals surface area contributed by atoms with Gasteiger partial charge in [-0.05, 0) is 36.8 Å². The Morgan fingerprint density at radius 2 is 2.25 bits per heavy atom. The van der Waals surface area contributed by atoms with E-state index in [1.807, 2.05) is 31.3 Å². The summed E-state index contributed by atoms with van der Waals surface area (Å²) in [7, 11) is 0. The third-order valence-corrected chi connectivity index (χ3v) is 6.00. The second-order valence-electron chi connectivity index (χ2n) is 7.31. The molecule has 1 aliphatic heterocycles. The highest BCUT2D eigenvalue weighted by molar-refractivity contribution is 5.91. The fourth-order valence-corrected chi connectivity index (χ4v) is 4.61. The van der Waals surface area contributed by atoms with Gasteiger partial charge in [0.15, 0.2) is 0 Å². The Labute approximate surface area is 140 Å². The van der Waals surface area contributed by atoms with Crippen molar-refractivity contribution in [2.24, 2.45) is 11.3 Å². The molecule has 1 amide bonds. The van der Waals surface area contributed by atoms with E-state index in [-0.39, 0.29) is 11.8 Å². The Bertz CT molecular complexity index is 825. The molecule has 2 fully saturated rings. The zero-order chi connectivity index (χ0) is 16.9. The number of fused-ring (bicyclic) bond motifs is 2. The van der Waals surface area contributed by atoms with Crippen molar-refractivity contribution in [1.82, 2.24) is 9.88 Å². The van der Waals surface area contributed by atoms with Gasteiger partial charge in [0.2, 0.25) is 5.91 Å². The maximum absolute atomic E-state index is 12.8. The van der Waals surface area contributed by atoms with Gasteiger partial charge in [0, 0.05) is 30.2 Å². The summed E-state index contributed by atoms with van der Waals surface area (Å²) in [6, 6.07) is 6.07. The van der Waals surface area contributed by atoms with Gasteiger partial charge in [-0.1, -0.05) is 24.6 Å². The number of amides is 1. The summed E-state index contributed by atoms with van der Waals surface area (Å²) in [5.74, 6) is -0.584. The maximum Gasteiger partial charge on any atom is 0.311 e. The molecule has 1 saturated heterocycles. The predicted octanol–water partition coefficient (Wildman–Crippen LogP) is 2.73. The largest absolute Gasteiger partial charge is 0.481 e. The molecule has 2 aromatic rings. The van der Waals surface area contributed by atoms with E-state index in [2.05, 4.69) is 4.98 Å². The van der Waals surface area contributed by atoms with Crippen LogP contribution in [0.25, 0.3) is 10.9 Å². The van der Waals surface area contributed by atoms with Gasteiger partial charge < -0.3 is 15.0 Å². The molecule has 24 heavy (non-hydrogen) atoms. The number of hydrogen-bond acceptors (Lipinski definition) is 2. The van der Waals surface area contributed by atoms with Crippen LogP contribution in [0.5, 0.6) is 0 Å². The van der Waals surface area contributed by atoms with Crippen molar-refractivity contribution in [2.75, 3.05) is 13.1 Å². The number of aliphatic carboxylic acids is 1. The van der Waals surface area contributed by atoms with Crippen molar-refractivity contribution in [3.8, 4) is 0 Å². The number of carboxylic acid groups (broad SMARTS) is 1.